The largest absolute Gasteiger partial charge is 0.383 e. The number of nitrogens with two attached hydrogens (primary N) is 1. The van der Waals surface area contributed by atoms with Crippen LogP contribution in [0.5, 0.6) is 0 Å². The number of anilines is 2. The van der Waals surface area contributed by atoms with E-state index in [2.05, 4.69) is 15.3 Å². The Morgan fingerprint density at radius 2 is 1.94 bits per heavy atom. The van der Waals surface area contributed by atoms with Gasteiger partial charge in [0.15, 0.2) is 0 Å². The van der Waals surface area contributed by atoms with Gasteiger partial charge in [0.25, 0.3) is 0 Å². The van der Waals surface area contributed by atoms with E-state index in [0.717, 1.165) is 11.4 Å². The molecule has 1 aromatic rings. The first-order valence-corrected chi connectivity index (χ1v) is 7.63. The van der Waals surface area contributed by atoms with Crippen molar-refractivity contribution in [3.63, 3.8) is 0 Å². The van der Waals surface area contributed by atoms with E-state index >= 15 is 0 Å². The Bertz CT molecular complexity index is 454. The van der Waals surface area contributed by atoms with Crippen LogP contribution in [0.3, 0.4) is 0 Å². The third-order valence-electron chi connectivity index (χ3n) is 2.54. The Balaban J connectivity index is 2.96. The lowest BCUT2D eigenvalue weighted by molar-refractivity contribution is 0.546. The number of nitrogen functional groups attached to an aromatic ring is 1. The maximum atomic E-state index is 11.0. The summed E-state index contributed by atoms with van der Waals surface area (Å²) in [6.07, 6.45) is 1.68. The Hall–Kier alpha value is -1.17. The van der Waals surface area contributed by atoms with E-state index in [9.17, 15) is 4.21 Å². The van der Waals surface area contributed by atoms with Gasteiger partial charge < -0.3 is 11.1 Å². The van der Waals surface area contributed by atoms with Crippen molar-refractivity contribution in [2.24, 2.45) is 0 Å². The molecular weight excluding hydrogens is 248 g/mol. The molecule has 1 aromatic heterocycles. The molecule has 0 aliphatic heterocycles. The lowest BCUT2D eigenvalue weighted by Crippen LogP contribution is -2.20. The fraction of sp³-hybridized carbons (Fsp3) is 0.667. The molecule has 102 valence electrons. The maximum absolute atomic E-state index is 11.0. The molecule has 6 heteroatoms. The second kappa shape index (κ2) is 5.65. The molecule has 1 rings (SSSR count). The minimum Gasteiger partial charge on any atom is -0.383 e. The van der Waals surface area contributed by atoms with Crippen molar-refractivity contribution in [1.82, 2.24) is 9.97 Å². The Kier molecular flexibility index (Phi) is 4.67. The fourth-order valence-corrected chi connectivity index (χ4v) is 1.74. The molecule has 0 aliphatic rings. The van der Waals surface area contributed by atoms with Crippen LogP contribution in [-0.4, -0.2) is 32.7 Å². The molecule has 1 atom stereocenters. The smallest absolute Gasteiger partial charge is 0.138 e. The van der Waals surface area contributed by atoms with E-state index < -0.39 is 10.8 Å². The molecule has 0 saturated heterocycles. The van der Waals surface area contributed by atoms with Crippen LogP contribution in [0.1, 0.15) is 32.2 Å². The first kappa shape index (κ1) is 14.9. The molecule has 1 unspecified atom stereocenters. The van der Waals surface area contributed by atoms with Crippen molar-refractivity contribution in [2.75, 3.05) is 29.6 Å². The van der Waals surface area contributed by atoms with Gasteiger partial charge in [-0.05, 0) is 6.92 Å². The van der Waals surface area contributed by atoms with Crippen molar-refractivity contribution in [1.29, 1.82) is 0 Å². The third kappa shape index (κ3) is 3.94. The Morgan fingerprint density at radius 1 is 1.33 bits per heavy atom. The third-order valence-corrected chi connectivity index (χ3v) is 3.32. The average molecular weight is 270 g/mol. The molecule has 18 heavy (non-hydrogen) atoms. The van der Waals surface area contributed by atoms with E-state index in [1.54, 1.807) is 6.26 Å². The van der Waals surface area contributed by atoms with Crippen LogP contribution in [0, 0.1) is 6.92 Å². The summed E-state index contributed by atoms with van der Waals surface area (Å²) in [6, 6.07) is 0. The molecule has 3 N–H and O–H groups in total. The SMILES string of the molecule is Cc1c(N)nc(C(C)(C)C)nc1NCCS(C)=O. The molecule has 0 bridgehead atoms. The van der Waals surface area contributed by atoms with Gasteiger partial charge in [-0.2, -0.15) is 0 Å². The quantitative estimate of drug-likeness (QED) is 0.865. The summed E-state index contributed by atoms with van der Waals surface area (Å²) in [5.74, 6) is 2.53. The van der Waals surface area contributed by atoms with Crippen molar-refractivity contribution in [3.05, 3.63) is 11.4 Å². The Morgan fingerprint density at radius 3 is 2.44 bits per heavy atom. The summed E-state index contributed by atoms with van der Waals surface area (Å²) >= 11 is 0. The number of aromatic nitrogens is 2. The highest BCUT2D eigenvalue weighted by Gasteiger charge is 2.20. The first-order chi connectivity index (χ1) is 8.21. The Labute approximate surface area is 111 Å². The van der Waals surface area contributed by atoms with Gasteiger partial charge in [-0.25, -0.2) is 9.97 Å². The van der Waals surface area contributed by atoms with Crippen LogP contribution in [0.4, 0.5) is 11.6 Å². The van der Waals surface area contributed by atoms with E-state index in [1.807, 2.05) is 27.7 Å². The van der Waals surface area contributed by atoms with Gasteiger partial charge in [0.2, 0.25) is 0 Å². The van der Waals surface area contributed by atoms with E-state index in [4.69, 9.17) is 5.73 Å². The molecule has 5 nitrogen and oxygen atoms in total. The van der Waals surface area contributed by atoms with Gasteiger partial charge in [0, 0.05) is 40.3 Å². The molecule has 0 aromatic carbocycles. The fourth-order valence-electron chi connectivity index (χ4n) is 1.35. The predicted molar refractivity (Wildman–Crippen MR) is 77.3 cm³/mol. The van der Waals surface area contributed by atoms with Crippen LogP contribution in [0.25, 0.3) is 0 Å². The lowest BCUT2D eigenvalue weighted by Gasteiger charge is -2.19. The van der Waals surface area contributed by atoms with Gasteiger partial charge in [0.1, 0.15) is 17.5 Å². The van der Waals surface area contributed by atoms with Crippen LogP contribution in [-0.2, 0) is 16.2 Å². The van der Waals surface area contributed by atoms with Gasteiger partial charge >= 0.3 is 0 Å². The number of nitrogens with one attached hydrogen (secondary N) is 1. The topological polar surface area (TPSA) is 80.9 Å². The van der Waals surface area contributed by atoms with E-state index in [-0.39, 0.29) is 5.41 Å². The summed E-state index contributed by atoms with van der Waals surface area (Å²) in [7, 11) is -0.811. The minimum absolute atomic E-state index is 0.147. The molecule has 0 spiro atoms. The highest BCUT2D eigenvalue weighted by atomic mass is 32.2. The van der Waals surface area contributed by atoms with Gasteiger partial charge in [-0.1, -0.05) is 20.8 Å². The zero-order chi connectivity index (χ0) is 13.9. The van der Waals surface area contributed by atoms with Crippen LogP contribution < -0.4 is 11.1 Å². The summed E-state index contributed by atoms with van der Waals surface area (Å²) in [6.45, 7) is 8.63. The maximum Gasteiger partial charge on any atom is 0.138 e. The molecular formula is C12H22N4OS. The van der Waals surface area contributed by atoms with Crippen LogP contribution in [0.2, 0.25) is 0 Å². The molecule has 0 fully saturated rings. The van der Waals surface area contributed by atoms with E-state index in [1.165, 1.54) is 0 Å². The number of rotatable bonds is 4. The minimum atomic E-state index is -0.811. The normalized spacial score (nSPS) is 13.4. The van der Waals surface area contributed by atoms with Gasteiger partial charge in [-0.3, -0.25) is 4.21 Å². The highest BCUT2D eigenvalue weighted by Crippen LogP contribution is 2.24. The van der Waals surface area contributed by atoms with Gasteiger partial charge in [-0.15, -0.1) is 0 Å². The van der Waals surface area contributed by atoms with Crippen molar-refractivity contribution in [2.45, 2.75) is 33.1 Å². The van der Waals surface area contributed by atoms with Crippen molar-refractivity contribution in [3.8, 4) is 0 Å². The van der Waals surface area contributed by atoms with Crippen molar-refractivity contribution < 1.29 is 4.21 Å². The lowest BCUT2D eigenvalue weighted by atomic mass is 9.95. The van der Waals surface area contributed by atoms with E-state index in [0.29, 0.717) is 23.9 Å². The standard InChI is InChI=1S/C12H22N4OS/c1-8-9(13)15-11(12(2,3)4)16-10(8)14-6-7-18(5)17/h6-7H2,1-5H3,(H3,13,14,15,16). The monoisotopic (exact) mass is 270 g/mol. The molecule has 1 heterocycles. The summed E-state index contributed by atoms with van der Waals surface area (Å²) in [5, 5.41) is 3.17. The number of nitrogens with zero attached hydrogens (tertiary/aromatic N) is 2. The summed E-state index contributed by atoms with van der Waals surface area (Å²) in [5.41, 5.74) is 6.59. The second-order valence-electron chi connectivity index (χ2n) is 5.36. The zero-order valence-corrected chi connectivity index (χ0v) is 12.5. The van der Waals surface area contributed by atoms with Crippen LogP contribution >= 0.6 is 0 Å². The predicted octanol–water partition coefficient (Wildman–Crippen LogP) is 1.46. The van der Waals surface area contributed by atoms with Gasteiger partial charge in [0.05, 0.1) is 0 Å². The number of hydrogen-bond donors (Lipinski definition) is 2. The molecule has 0 radical (unpaired) electrons. The summed E-state index contributed by atoms with van der Waals surface area (Å²) in [4.78, 5) is 8.81. The first-order valence-electron chi connectivity index (χ1n) is 5.90. The summed E-state index contributed by atoms with van der Waals surface area (Å²) < 4.78 is 11.0. The zero-order valence-electron chi connectivity index (χ0n) is 11.7. The highest BCUT2D eigenvalue weighted by molar-refractivity contribution is 7.84. The molecule has 0 amide bonds. The number of hydrogen-bond acceptors (Lipinski definition) is 5. The molecule has 0 saturated carbocycles. The average Bonchev–Trinajstić information content (AvgIpc) is 2.22. The molecule has 0 aliphatic carbocycles. The van der Waals surface area contributed by atoms with Crippen molar-refractivity contribution >= 4 is 22.4 Å². The second-order valence-corrected chi connectivity index (χ2v) is 6.91. The van der Waals surface area contributed by atoms with Crippen LogP contribution in [0.15, 0.2) is 0 Å².